The Balaban J connectivity index is 2.77. The third-order valence-electron chi connectivity index (χ3n) is 1.68. The summed E-state index contributed by atoms with van der Waals surface area (Å²) in [6.45, 7) is 0. The molecule has 0 bridgehead atoms. The Morgan fingerprint density at radius 3 is 2.62 bits per heavy atom. The van der Waals surface area contributed by atoms with Gasteiger partial charge in [0.1, 0.15) is 5.75 Å². The van der Waals surface area contributed by atoms with Crippen molar-refractivity contribution in [1.29, 1.82) is 0 Å². The first-order valence-electron chi connectivity index (χ1n) is 3.38. The Hall–Kier alpha value is -1.36. The van der Waals surface area contributed by atoms with Crippen molar-refractivity contribution in [3.05, 3.63) is 27.7 Å². The summed E-state index contributed by atoms with van der Waals surface area (Å²) in [6, 6.07) is 2.53. The quantitative estimate of drug-likeness (QED) is 0.553. The highest BCUT2D eigenvalue weighted by molar-refractivity contribution is 9.10. The molecule has 0 spiro atoms. The second-order valence-electron chi connectivity index (χ2n) is 2.53. The van der Waals surface area contributed by atoms with Gasteiger partial charge in [0.25, 0.3) is 0 Å². The summed E-state index contributed by atoms with van der Waals surface area (Å²) < 4.78 is 4.71. The molecule has 0 aromatic heterocycles. The van der Waals surface area contributed by atoms with E-state index < -0.39 is 11.9 Å². The first-order chi connectivity index (χ1) is 6.09. The van der Waals surface area contributed by atoms with E-state index in [0.29, 0.717) is 4.47 Å². The number of carbonyl (C=O) groups excluding carboxylic acids is 2. The van der Waals surface area contributed by atoms with Crippen LogP contribution in [0.4, 0.5) is 0 Å². The van der Waals surface area contributed by atoms with E-state index in [4.69, 9.17) is 5.11 Å². The number of halogens is 1. The molecule has 0 atom stereocenters. The Labute approximate surface area is 81.3 Å². The zero-order valence-electron chi connectivity index (χ0n) is 6.20. The molecule has 2 rings (SSSR count). The van der Waals surface area contributed by atoms with E-state index in [1.165, 1.54) is 12.1 Å². The monoisotopic (exact) mass is 242 g/mol. The van der Waals surface area contributed by atoms with Gasteiger partial charge in [0.05, 0.1) is 11.1 Å². The molecule has 13 heavy (non-hydrogen) atoms. The van der Waals surface area contributed by atoms with Gasteiger partial charge >= 0.3 is 11.9 Å². The van der Waals surface area contributed by atoms with Gasteiger partial charge in [0.2, 0.25) is 0 Å². The topological polar surface area (TPSA) is 63.6 Å². The average molecular weight is 243 g/mol. The molecule has 1 heterocycles. The molecule has 0 aliphatic carbocycles. The van der Waals surface area contributed by atoms with Crippen LogP contribution in [0, 0.1) is 0 Å². The maximum atomic E-state index is 11.1. The third kappa shape index (κ3) is 1.12. The third-order valence-corrected chi connectivity index (χ3v) is 2.31. The minimum Gasteiger partial charge on any atom is -0.508 e. The first-order valence-corrected chi connectivity index (χ1v) is 4.18. The summed E-state index contributed by atoms with van der Waals surface area (Å²) in [4.78, 5) is 22.1. The maximum absolute atomic E-state index is 11.1. The zero-order valence-corrected chi connectivity index (χ0v) is 7.79. The Bertz CT molecular complexity index is 424. The van der Waals surface area contributed by atoms with Gasteiger partial charge in [-0.25, -0.2) is 9.59 Å². The fraction of sp³-hybridized carbons (Fsp3) is 0. The predicted molar refractivity (Wildman–Crippen MR) is 45.6 cm³/mol. The van der Waals surface area contributed by atoms with Gasteiger partial charge in [-0.3, -0.25) is 0 Å². The molecule has 1 aliphatic heterocycles. The van der Waals surface area contributed by atoms with Gasteiger partial charge in [-0.05, 0) is 28.1 Å². The van der Waals surface area contributed by atoms with Crippen molar-refractivity contribution in [1.82, 2.24) is 0 Å². The van der Waals surface area contributed by atoms with Gasteiger partial charge in [-0.2, -0.15) is 0 Å². The van der Waals surface area contributed by atoms with Crippen molar-refractivity contribution in [3.8, 4) is 5.75 Å². The van der Waals surface area contributed by atoms with E-state index in [-0.39, 0.29) is 16.9 Å². The van der Waals surface area contributed by atoms with Crippen molar-refractivity contribution >= 4 is 27.9 Å². The van der Waals surface area contributed by atoms with Crippen LogP contribution in [0.25, 0.3) is 0 Å². The number of esters is 2. The summed E-state index contributed by atoms with van der Waals surface area (Å²) in [5.41, 5.74) is 0.264. The van der Waals surface area contributed by atoms with Crippen LogP contribution in [0.5, 0.6) is 5.75 Å². The summed E-state index contributed by atoms with van der Waals surface area (Å²) in [5.74, 6) is -1.50. The number of rotatable bonds is 0. The molecule has 4 nitrogen and oxygen atoms in total. The molecular formula is C8H3BrO4. The van der Waals surface area contributed by atoms with Crippen molar-refractivity contribution in [3.63, 3.8) is 0 Å². The summed E-state index contributed by atoms with van der Waals surface area (Å²) in [7, 11) is 0. The number of cyclic esters (lactones) is 2. The number of fused-ring (bicyclic) bond motifs is 1. The van der Waals surface area contributed by atoms with Crippen LogP contribution in [0.2, 0.25) is 0 Å². The van der Waals surface area contributed by atoms with Crippen LogP contribution in [-0.4, -0.2) is 17.0 Å². The number of benzene rings is 1. The summed E-state index contributed by atoms with van der Waals surface area (Å²) in [6.07, 6.45) is 0. The Kier molecular flexibility index (Phi) is 1.63. The summed E-state index contributed by atoms with van der Waals surface area (Å²) in [5, 5.41) is 9.13. The highest BCUT2D eigenvalue weighted by atomic mass is 79.9. The van der Waals surface area contributed by atoms with Crippen LogP contribution in [0.1, 0.15) is 20.7 Å². The minimum atomic E-state index is -0.725. The van der Waals surface area contributed by atoms with Gasteiger partial charge in [0, 0.05) is 4.47 Å². The molecule has 1 aliphatic rings. The SMILES string of the molecule is O=C1OC(=O)c2c(Br)cc(O)cc21. The van der Waals surface area contributed by atoms with Gasteiger partial charge in [-0.1, -0.05) is 0 Å². The molecule has 0 saturated heterocycles. The maximum Gasteiger partial charge on any atom is 0.348 e. The largest absolute Gasteiger partial charge is 0.508 e. The molecule has 1 aromatic rings. The van der Waals surface area contributed by atoms with Crippen LogP contribution in [-0.2, 0) is 4.74 Å². The Morgan fingerprint density at radius 2 is 1.92 bits per heavy atom. The van der Waals surface area contributed by atoms with E-state index in [9.17, 15) is 9.59 Å². The molecule has 66 valence electrons. The number of carbonyl (C=O) groups is 2. The van der Waals surface area contributed by atoms with E-state index in [0.717, 1.165) is 0 Å². The van der Waals surface area contributed by atoms with Crippen LogP contribution in [0.15, 0.2) is 16.6 Å². The zero-order chi connectivity index (χ0) is 9.59. The molecule has 0 radical (unpaired) electrons. The van der Waals surface area contributed by atoms with Crippen molar-refractivity contribution in [2.75, 3.05) is 0 Å². The van der Waals surface area contributed by atoms with Crippen molar-refractivity contribution in [2.45, 2.75) is 0 Å². The van der Waals surface area contributed by atoms with E-state index in [2.05, 4.69) is 20.7 Å². The number of hydrogen-bond acceptors (Lipinski definition) is 4. The fourth-order valence-corrected chi connectivity index (χ4v) is 1.76. The van der Waals surface area contributed by atoms with Crippen LogP contribution >= 0.6 is 15.9 Å². The molecule has 1 aromatic carbocycles. The number of phenolic OH excluding ortho intramolecular Hbond substituents is 1. The minimum absolute atomic E-state index is 0.0859. The van der Waals surface area contributed by atoms with Crippen LogP contribution < -0.4 is 0 Å². The van der Waals surface area contributed by atoms with E-state index in [1.54, 1.807) is 0 Å². The molecule has 0 saturated carbocycles. The molecule has 5 heteroatoms. The average Bonchev–Trinajstić information content (AvgIpc) is 2.27. The highest BCUT2D eigenvalue weighted by Crippen LogP contribution is 2.31. The fourth-order valence-electron chi connectivity index (χ4n) is 1.15. The number of hydrogen-bond donors (Lipinski definition) is 1. The van der Waals surface area contributed by atoms with Gasteiger partial charge in [0.15, 0.2) is 0 Å². The second-order valence-corrected chi connectivity index (χ2v) is 3.38. The van der Waals surface area contributed by atoms with Gasteiger partial charge < -0.3 is 9.84 Å². The predicted octanol–water partition coefficient (Wildman–Crippen LogP) is 1.47. The number of phenols is 1. The highest BCUT2D eigenvalue weighted by Gasteiger charge is 2.32. The molecule has 0 fully saturated rings. The standard InChI is InChI=1S/C8H3BrO4/c9-5-2-3(10)1-4-6(5)8(12)13-7(4)11/h1-2,10H. The number of aromatic hydroxyl groups is 1. The lowest BCUT2D eigenvalue weighted by Crippen LogP contribution is -1.97. The lowest BCUT2D eigenvalue weighted by atomic mass is 10.1. The lowest BCUT2D eigenvalue weighted by molar-refractivity contribution is 0.0443. The molecule has 1 N–H and O–H groups in total. The lowest BCUT2D eigenvalue weighted by Gasteiger charge is -1.97. The molecule has 0 amide bonds. The second kappa shape index (κ2) is 2.56. The van der Waals surface area contributed by atoms with E-state index in [1.807, 2.05) is 0 Å². The van der Waals surface area contributed by atoms with Crippen LogP contribution in [0.3, 0.4) is 0 Å². The normalized spacial score (nSPS) is 14.2. The Morgan fingerprint density at radius 1 is 1.23 bits per heavy atom. The van der Waals surface area contributed by atoms with Crippen molar-refractivity contribution < 1.29 is 19.4 Å². The first kappa shape index (κ1) is 8.25. The van der Waals surface area contributed by atoms with E-state index >= 15 is 0 Å². The van der Waals surface area contributed by atoms with Gasteiger partial charge in [-0.15, -0.1) is 0 Å². The summed E-state index contributed by atoms with van der Waals surface area (Å²) >= 11 is 3.05. The molecular weight excluding hydrogens is 240 g/mol. The molecule has 0 unspecified atom stereocenters. The van der Waals surface area contributed by atoms with Crippen molar-refractivity contribution in [2.24, 2.45) is 0 Å². The number of ether oxygens (including phenoxy) is 1. The smallest absolute Gasteiger partial charge is 0.348 e.